The van der Waals surface area contributed by atoms with Crippen LogP contribution < -0.4 is 0 Å². The van der Waals surface area contributed by atoms with Gasteiger partial charge in [-0.25, -0.2) is 4.21 Å². The topological polar surface area (TPSA) is 63.6 Å². The van der Waals surface area contributed by atoms with Gasteiger partial charge in [0.05, 0.1) is 36.2 Å². The van der Waals surface area contributed by atoms with Gasteiger partial charge in [-0.1, -0.05) is 0 Å². The molecule has 0 bridgehead atoms. The summed E-state index contributed by atoms with van der Waals surface area (Å²) in [7, 11) is 0.901. The molecular weight excluding hydrogens is 218 g/mol. The molecule has 0 rings (SSSR count). The van der Waals surface area contributed by atoms with Crippen LogP contribution in [0.5, 0.6) is 0 Å². The van der Waals surface area contributed by atoms with E-state index in [1.165, 1.54) is 6.92 Å². The van der Waals surface area contributed by atoms with Crippen LogP contribution in [0, 0.1) is 0 Å². The van der Waals surface area contributed by atoms with Crippen LogP contribution in [0.3, 0.4) is 0 Å². The molecule has 1 unspecified atom stereocenters. The van der Waals surface area contributed by atoms with Crippen molar-refractivity contribution in [2.24, 2.45) is 0 Å². The van der Waals surface area contributed by atoms with Crippen molar-refractivity contribution in [1.29, 1.82) is 0 Å². The highest BCUT2D eigenvalue weighted by atomic mass is 32.2. The Hall–Kier alpha value is -0.590. The first-order valence-corrected chi connectivity index (χ1v) is 6.50. The second-order valence-electron chi connectivity index (χ2n) is 4.20. The van der Waals surface area contributed by atoms with E-state index >= 15 is 0 Å². The molecule has 15 heavy (non-hydrogen) atoms. The molecule has 0 aromatic carbocycles. The van der Waals surface area contributed by atoms with Gasteiger partial charge in [0, 0.05) is 6.92 Å². The van der Waals surface area contributed by atoms with Crippen LogP contribution in [0.25, 0.3) is 0 Å². The molecule has 1 N–H and O–H groups in total. The zero-order chi connectivity index (χ0) is 12.1. The van der Waals surface area contributed by atoms with Crippen molar-refractivity contribution in [1.82, 2.24) is 0 Å². The number of quaternary nitrogens is 1. The minimum Gasteiger partial charge on any atom is -0.460 e. The van der Waals surface area contributed by atoms with Crippen LogP contribution in [-0.4, -0.2) is 64.6 Å². The second kappa shape index (κ2) is 5.48. The number of esters is 1. The molecule has 6 heteroatoms. The molecule has 0 amide bonds. The van der Waals surface area contributed by atoms with Crippen molar-refractivity contribution >= 4 is 21.6 Å². The van der Waals surface area contributed by atoms with Crippen LogP contribution in [0.1, 0.15) is 6.92 Å². The maximum atomic E-state index is 11.0. The van der Waals surface area contributed by atoms with Gasteiger partial charge in [0.15, 0.2) is 0 Å². The summed E-state index contributed by atoms with van der Waals surface area (Å²) in [6, 6.07) is 0. The van der Waals surface area contributed by atoms with Crippen LogP contribution in [0.2, 0.25) is 0 Å². The van der Waals surface area contributed by atoms with Crippen LogP contribution >= 0.6 is 0 Å². The Morgan fingerprint density at radius 3 is 2.40 bits per heavy atom. The quantitative estimate of drug-likeness (QED) is 0.396. The first kappa shape index (κ1) is 14.4. The molecule has 0 heterocycles. The minimum absolute atomic E-state index is 0.153. The van der Waals surface area contributed by atoms with Crippen molar-refractivity contribution in [2.75, 3.05) is 39.5 Å². The standard InChI is InChI=1S/C9H19NO4S/c1-9(11)14-7-5-10(2,3)6-8-15(4,12)13/h4-8H2,1-3H3/p+1. The summed E-state index contributed by atoms with van der Waals surface area (Å²) >= 11 is 0. The van der Waals surface area contributed by atoms with E-state index in [4.69, 9.17) is 9.29 Å². The average Bonchev–Trinajstić information content (AvgIpc) is 1.99. The monoisotopic (exact) mass is 238 g/mol. The second-order valence-corrected chi connectivity index (χ2v) is 6.15. The van der Waals surface area contributed by atoms with Crippen molar-refractivity contribution < 1.29 is 22.8 Å². The normalized spacial score (nSPS) is 15.7. The Morgan fingerprint density at radius 2 is 2.00 bits per heavy atom. The summed E-state index contributed by atoms with van der Waals surface area (Å²) in [6.07, 6.45) is 0. The fourth-order valence-electron chi connectivity index (χ4n) is 0.938. The summed E-state index contributed by atoms with van der Waals surface area (Å²) < 4.78 is 25.3. The molecule has 5 nitrogen and oxygen atoms in total. The van der Waals surface area contributed by atoms with Gasteiger partial charge in [0.1, 0.15) is 13.2 Å². The number of carbonyl (C=O) groups excluding carboxylic acids is 1. The molecular formula is C9H20NO4S+. The molecule has 0 aromatic rings. The van der Waals surface area contributed by atoms with E-state index in [0.717, 1.165) is 0 Å². The summed E-state index contributed by atoms with van der Waals surface area (Å²) in [5, 5.41) is 0. The van der Waals surface area contributed by atoms with Crippen molar-refractivity contribution in [3.63, 3.8) is 0 Å². The van der Waals surface area contributed by atoms with Crippen LogP contribution in [0.4, 0.5) is 0 Å². The number of hydrogen-bond acceptors (Lipinski definition) is 3. The van der Waals surface area contributed by atoms with Crippen molar-refractivity contribution in [3.05, 3.63) is 0 Å². The van der Waals surface area contributed by atoms with Gasteiger partial charge in [0.2, 0.25) is 0 Å². The van der Waals surface area contributed by atoms with Gasteiger partial charge in [-0.2, -0.15) is 0 Å². The third-order valence-corrected chi connectivity index (χ3v) is 2.84. The molecule has 0 aliphatic rings. The summed E-state index contributed by atoms with van der Waals surface area (Å²) in [5.74, 6) is 3.02. The Balaban J connectivity index is 3.92. The van der Waals surface area contributed by atoms with Crippen LogP contribution in [-0.2, 0) is 19.3 Å². The SMILES string of the molecule is C=S(=O)(O)CC[N+](C)(C)CCOC(C)=O. The lowest BCUT2D eigenvalue weighted by Gasteiger charge is -2.29. The van der Waals surface area contributed by atoms with Crippen molar-refractivity contribution in [3.8, 4) is 0 Å². The average molecular weight is 238 g/mol. The number of ether oxygens (including phenoxy) is 1. The number of likely N-dealkylation sites (N-methyl/N-ethyl adjacent to an activating group) is 1. The first-order valence-electron chi connectivity index (χ1n) is 4.65. The maximum Gasteiger partial charge on any atom is 0.302 e. The van der Waals surface area contributed by atoms with Crippen molar-refractivity contribution in [2.45, 2.75) is 6.92 Å². The predicted molar refractivity (Wildman–Crippen MR) is 61.2 cm³/mol. The lowest BCUT2D eigenvalue weighted by Crippen LogP contribution is -2.45. The summed E-state index contributed by atoms with van der Waals surface area (Å²) in [6.45, 7) is 2.83. The lowest BCUT2D eigenvalue weighted by molar-refractivity contribution is -0.888. The molecule has 0 fully saturated rings. The van der Waals surface area contributed by atoms with E-state index in [1.54, 1.807) is 0 Å². The highest BCUT2D eigenvalue weighted by Crippen LogP contribution is 1.98. The van der Waals surface area contributed by atoms with E-state index in [2.05, 4.69) is 5.87 Å². The number of nitrogens with zero attached hydrogens (tertiary/aromatic N) is 1. The number of carbonyl (C=O) groups is 1. The fourth-order valence-corrected chi connectivity index (χ4v) is 1.72. The van der Waals surface area contributed by atoms with Gasteiger partial charge in [-0.15, -0.1) is 0 Å². The Bertz CT molecular complexity index is 308. The molecule has 0 spiro atoms. The highest BCUT2D eigenvalue weighted by molar-refractivity contribution is 7.95. The zero-order valence-corrected chi connectivity index (χ0v) is 10.4. The van der Waals surface area contributed by atoms with Gasteiger partial charge in [0.25, 0.3) is 0 Å². The van der Waals surface area contributed by atoms with Gasteiger partial charge < -0.3 is 13.8 Å². The fraction of sp³-hybridized carbons (Fsp3) is 0.778. The van der Waals surface area contributed by atoms with E-state index in [9.17, 15) is 9.00 Å². The van der Waals surface area contributed by atoms with Gasteiger partial charge in [-0.05, 0) is 5.87 Å². The van der Waals surface area contributed by atoms with E-state index in [0.29, 0.717) is 24.2 Å². The predicted octanol–water partition coefficient (Wildman–Crippen LogP) is -0.185. The molecule has 0 aliphatic carbocycles. The van der Waals surface area contributed by atoms with Gasteiger partial charge in [-0.3, -0.25) is 4.79 Å². The molecule has 90 valence electrons. The van der Waals surface area contributed by atoms with Crippen LogP contribution in [0.15, 0.2) is 0 Å². The minimum atomic E-state index is -2.92. The Labute approximate surface area is 91.5 Å². The number of rotatable bonds is 6. The van der Waals surface area contributed by atoms with Gasteiger partial charge >= 0.3 is 5.97 Å². The third kappa shape index (κ3) is 9.71. The molecule has 0 aliphatic heterocycles. The smallest absolute Gasteiger partial charge is 0.302 e. The summed E-state index contributed by atoms with van der Waals surface area (Å²) in [5.41, 5.74) is 0. The number of hydrogen-bond donors (Lipinski definition) is 1. The third-order valence-electron chi connectivity index (χ3n) is 2.02. The maximum absolute atomic E-state index is 11.0. The molecule has 0 saturated heterocycles. The zero-order valence-electron chi connectivity index (χ0n) is 9.56. The Morgan fingerprint density at radius 1 is 1.47 bits per heavy atom. The van der Waals surface area contributed by atoms with E-state index in [-0.39, 0.29) is 11.7 Å². The lowest BCUT2D eigenvalue weighted by atomic mass is 10.4. The molecule has 1 atom stereocenters. The van der Waals surface area contributed by atoms with E-state index in [1.807, 2.05) is 14.1 Å². The molecule has 0 saturated carbocycles. The van der Waals surface area contributed by atoms with E-state index < -0.39 is 9.80 Å². The Kier molecular flexibility index (Phi) is 5.27. The largest absolute Gasteiger partial charge is 0.460 e. The summed E-state index contributed by atoms with van der Waals surface area (Å²) in [4.78, 5) is 10.5. The first-order chi connectivity index (χ1) is 6.62. The highest BCUT2D eigenvalue weighted by Gasteiger charge is 2.16. The molecule has 0 aromatic heterocycles. The molecule has 0 radical (unpaired) electrons.